The Bertz CT molecular complexity index is 1740. The van der Waals surface area contributed by atoms with Crippen LogP contribution in [0.2, 0.25) is 5.02 Å². The van der Waals surface area contributed by atoms with Crippen molar-refractivity contribution in [1.82, 2.24) is 9.66 Å². The smallest absolute Gasteiger partial charge is 0.282 e. The molecule has 0 aliphatic heterocycles. The van der Waals surface area contributed by atoms with E-state index in [1.165, 1.54) is 4.68 Å². The summed E-state index contributed by atoms with van der Waals surface area (Å²) in [6.07, 6.45) is 4.10. The molecule has 0 atom stereocenters. The highest BCUT2D eigenvalue weighted by Gasteiger charge is 2.14. The molecule has 0 saturated heterocycles. The van der Waals surface area contributed by atoms with Crippen LogP contribution in [-0.2, 0) is 13.0 Å². The number of hydrogen-bond donors (Lipinski definition) is 0. The predicted octanol–water partition coefficient (Wildman–Crippen LogP) is 7.78. The molecule has 1 aromatic heterocycles. The Balaban J connectivity index is 1.46. The number of methoxy groups -OCH3 is 1. The van der Waals surface area contributed by atoms with Crippen molar-refractivity contribution in [3.63, 3.8) is 0 Å². The number of benzene rings is 4. The van der Waals surface area contributed by atoms with E-state index in [9.17, 15) is 4.79 Å². The second-order valence-electron chi connectivity index (χ2n) is 9.12. The summed E-state index contributed by atoms with van der Waals surface area (Å²) >= 11 is 10.1. The number of nitrogens with zero attached hydrogens (tertiary/aromatic N) is 3. The lowest BCUT2D eigenvalue weighted by atomic mass is 10.1. The maximum atomic E-state index is 13.4. The van der Waals surface area contributed by atoms with Crippen molar-refractivity contribution in [3.8, 4) is 11.5 Å². The number of hydrogen-bond acceptors (Lipinski definition) is 5. The van der Waals surface area contributed by atoms with Crippen molar-refractivity contribution >= 4 is 55.4 Å². The minimum absolute atomic E-state index is 0.225. The van der Waals surface area contributed by atoms with Gasteiger partial charge in [0.1, 0.15) is 12.4 Å². The molecule has 4 aromatic carbocycles. The molecule has 0 radical (unpaired) electrons. The Labute approximate surface area is 240 Å². The first-order chi connectivity index (χ1) is 19.0. The summed E-state index contributed by atoms with van der Waals surface area (Å²) in [6.45, 7) is 2.43. The van der Waals surface area contributed by atoms with Crippen LogP contribution in [0.5, 0.6) is 11.5 Å². The van der Waals surface area contributed by atoms with Crippen molar-refractivity contribution < 1.29 is 9.47 Å². The number of unbranched alkanes of at least 4 members (excludes halogenated alkanes) is 1. The van der Waals surface area contributed by atoms with Crippen LogP contribution in [-0.4, -0.2) is 23.0 Å². The average Bonchev–Trinajstić information content (AvgIpc) is 2.95. The number of fused-ring (bicyclic) bond motifs is 2. The summed E-state index contributed by atoms with van der Waals surface area (Å²) in [5.74, 6) is 1.53. The fourth-order valence-electron chi connectivity index (χ4n) is 4.46. The van der Waals surface area contributed by atoms with Gasteiger partial charge in [0.05, 0.1) is 29.2 Å². The summed E-state index contributed by atoms with van der Waals surface area (Å²) < 4.78 is 13.9. The summed E-state index contributed by atoms with van der Waals surface area (Å²) in [5, 5.41) is 7.68. The van der Waals surface area contributed by atoms with E-state index in [1.54, 1.807) is 31.5 Å². The highest BCUT2D eigenvalue weighted by Crippen LogP contribution is 2.37. The van der Waals surface area contributed by atoms with Gasteiger partial charge in [-0.2, -0.15) is 9.78 Å². The summed E-state index contributed by atoms with van der Waals surface area (Å²) in [5.41, 5.74) is 2.14. The number of aryl methyl sites for hydroxylation is 1. The van der Waals surface area contributed by atoms with Crippen LogP contribution in [0.4, 0.5) is 0 Å². The zero-order valence-electron chi connectivity index (χ0n) is 21.7. The Morgan fingerprint density at radius 2 is 1.87 bits per heavy atom. The first kappa shape index (κ1) is 26.9. The lowest BCUT2D eigenvalue weighted by Gasteiger charge is -2.14. The maximum Gasteiger partial charge on any atom is 0.282 e. The molecular formula is C31H27BrClN3O3. The Hall–Kier alpha value is -3.68. The van der Waals surface area contributed by atoms with Gasteiger partial charge in [-0.15, -0.1) is 0 Å². The molecule has 0 unspecified atom stereocenters. The quantitative estimate of drug-likeness (QED) is 0.161. The van der Waals surface area contributed by atoms with Gasteiger partial charge < -0.3 is 9.47 Å². The van der Waals surface area contributed by atoms with Gasteiger partial charge in [-0.1, -0.05) is 83.3 Å². The summed E-state index contributed by atoms with van der Waals surface area (Å²) in [4.78, 5) is 18.1. The molecule has 198 valence electrons. The fraction of sp³-hybridized carbons (Fsp3) is 0.194. The molecule has 0 bridgehead atoms. The van der Waals surface area contributed by atoms with E-state index in [0.717, 1.165) is 33.7 Å². The van der Waals surface area contributed by atoms with Gasteiger partial charge >= 0.3 is 0 Å². The summed E-state index contributed by atoms with van der Waals surface area (Å²) in [7, 11) is 1.57. The second-order valence-corrected chi connectivity index (χ2v) is 10.4. The molecule has 39 heavy (non-hydrogen) atoms. The zero-order chi connectivity index (χ0) is 27.4. The van der Waals surface area contributed by atoms with Gasteiger partial charge in [-0.25, -0.2) is 4.98 Å². The Morgan fingerprint density at radius 3 is 2.69 bits per heavy atom. The molecule has 0 spiro atoms. The SMILES string of the molecule is CCCCc1nc2ccc(Br)cc2c(=O)n1N=Cc1cc(Cl)c(OCc2cccc3ccccc23)c(OC)c1. The fourth-order valence-corrected chi connectivity index (χ4v) is 5.09. The van der Waals surface area contributed by atoms with E-state index >= 15 is 0 Å². The molecule has 1 heterocycles. The van der Waals surface area contributed by atoms with E-state index < -0.39 is 0 Å². The monoisotopic (exact) mass is 603 g/mol. The van der Waals surface area contributed by atoms with E-state index in [2.05, 4.69) is 46.2 Å². The third kappa shape index (κ3) is 5.84. The van der Waals surface area contributed by atoms with Gasteiger partial charge in [0.25, 0.3) is 5.56 Å². The van der Waals surface area contributed by atoms with Crippen LogP contribution in [0.15, 0.2) is 87.2 Å². The van der Waals surface area contributed by atoms with Gasteiger partial charge in [0.2, 0.25) is 0 Å². The summed E-state index contributed by atoms with van der Waals surface area (Å²) in [6, 6.07) is 23.3. The predicted molar refractivity (Wildman–Crippen MR) is 162 cm³/mol. The molecule has 0 fully saturated rings. The van der Waals surface area contributed by atoms with Crippen molar-refractivity contribution in [2.24, 2.45) is 5.10 Å². The first-order valence-electron chi connectivity index (χ1n) is 12.7. The Kier molecular flexibility index (Phi) is 8.29. The molecule has 5 rings (SSSR count). The zero-order valence-corrected chi connectivity index (χ0v) is 24.0. The molecule has 6 nitrogen and oxygen atoms in total. The number of ether oxygens (including phenoxy) is 2. The van der Waals surface area contributed by atoms with Gasteiger partial charge in [-0.3, -0.25) is 4.79 Å². The van der Waals surface area contributed by atoms with E-state index in [1.807, 2.05) is 36.4 Å². The molecular weight excluding hydrogens is 578 g/mol. The molecule has 0 amide bonds. The molecule has 8 heteroatoms. The van der Waals surface area contributed by atoms with Crippen molar-refractivity contribution in [1.29, 1.82) is 0 Å². The van der Waals surface area contributed by atoms with Crippen molar-refractivity contribution in [2.75, 3.05) is 7.11 Å². The van der Waals surface area contributed by atoms with Crippen molar-refractivity contribution in [2.45, 2.75) is 32.8 Å². The molecule has 5 aromatic rings. The Morgan fingerprint density at radius 1 is 1.05 bits per heavy atom. The highest BCUT2D eigenvalue weighted by atomic mass is 79.9. The van der Waals surface area contributed by atoms with Gasteiger partial charge in [0, 0.05) is 10.9 Å². The number of aromatic nitrogens is 2. The van der Waals surface area contributed by atoms with Crippen LogP contribution >= 0.6 is 27.5 Å². The lowest BCUT2D eigenvalue weighted by molar-refractivity contribution is 0.286. The normalized spacial score (nSPS) is 11.5. The third-order valence-electron chi connectivity index (χ3n) is 6.46. The largest absolute Gasteiger partial charge is 0.493 e. The van der Waals surface area contributed by atoms with E-state index in [0.29, 0.717) is 51.8 Å². The molecule has 0 saturated carbocycles. The molecule has 0 aliphatic rings. The van der Waals surface area contributed by atoms with Crippen LogP contribution in [0.3, 0.4) is 0 Å². The van der Waals surface area contributed by atoms with Gasteiger partial charge in [0.15, 0.2) is 11.5 Å². The lowest BCUT2D eigenvalue weighted by Crippen LogP contribution is -2.22. The second kappa shape index (κ2) is 12.0. The minimum atomic E-state index is -0.225. The van der Waals surface area contributed by atoms with E-state index in [4.69, 9.17) is 26.1 Å². The van der Waals surface area contributed by atoms with Crippen LogP contribution in [0.1, 0.15) is 36.7 Å². The molecule has 0 aliphatic carbocycles. The van der Waals surface area contributed by atoms with Crippen LogP contribution in [0, 0.1) is 0 Å². The number of rotatable bonds is 9. The third-order valence-corrected chi connectivity index (χ3v) is 7.23. The highest BCUT2D eigenvalue weighted by molar-refractivity contribution is 9.10. The topological polar surface area (TPSA) is 65.7 Å². The van der Waals surface area contributed by atoms with E-state index in [-0.39, 0.29) is 5.56 Å². The van der Waals surface area contributed by atoms with Crippen molar-refractivity contribution in [3.05, 3.63) is 110 Å². The maximum absolute atomic E-state index is 13.4. The first-order valence-corrected chi connectivity index (χ1v) is 13.9. The van der Waals surface area contributed by atoms with Gasteiger partial charge in [-0.05, 0) is 58.7 Å². The minimum Gasteiger partial charge on any atom is -0.493 e. The average molecular weight is 605 g/mol. The van der Waals surface area contributed by atoms with Crippen LogP contribution in [0.25, 0.3) is 21.7 Å². The van der Waals surface area contributed by atoms with Crippen LogP contribution < -0.4 is 15.0 Å². The standard InChI is InChI=1S/C31H27BrClN3O3/c1-3-4-12-29-35-27-14-13-23(32)17-25(27)31(37)36(29)34-18-20-15-26(33)30(28(16-20)38-2)39-19-22-10-7-9-21-8-5-6-11-24(21)22/h5-11,13-18H,3-4,12,19H2,1-2H3. The molecule has 0 N–H and O–H groups in total. The number of halogens is 2.